The second-order valence-electron chi connectivity index (χ2n) is 4.64. The van der Waals surface area contributed by atoms with Crippen molar-refractivity contribution in [1.82, 2.24) is 5.32 Å². The molecule has 0 aromatic heterocycles. The van der Waals surface area contributed by atoms with E-state index in [0.29, 0.717) is 19.4 Å². The molecule has 110 valence electrons. The Bertz CT molecular complexity index is 284. The molecular weight excluding hydrogens is 260 g/mol. The van der Waals surface area contributed by atoms with Gasteiger partial charge in [0.2, 0.25) is 5.91 Å². The van der Waals surface area contributed by atoms with Crippen LogP contribution in [0.2, 0.25) is 0 Å². The second kappa shape index (κ2) is 11.1. The summed E-state index contributed by atoms with van der Waals surface area (Å²) in [5.74, 6) is 1.60. The summed E-state index contributed by atoms with van der Waals surface area (Å²) in [6, 6.07) is 2.23. The van der Waals surface area contributed by atoms with Crippen LogP contribution in [-0.2, 0) is 4.79 Å². The molecule has 0 radical (unpaired) electrons. The molecule has 0 fully saturated rings. The highest BCUT2D eigenvalue weighted by Crippen LogP contribution is 2.29. The van der Waals surface area contributed by atoms with Gasteiger partial charge in [0.05, 0.1) is 6.07 Å². The third kappa shape index (κ3) is 6.84. The van der Waals surface area contributed by atoms with Crippen molar-refractivity contribution < 1.29 is 9.90 Å². The lowest BCUT2D eigenvalue weighted by molar-refractivity contribution is -0.128. The van der Waals surface area contributed by atoms with Crippen LogP contribution in [0, 0.1) is 16.7 Å². The van der Waals surface area contributed by atoms with Gasteiger partial charge in [0.25, 0.3) is 0 Å². The molecule has 4 nitrogen and oxygen atoms in total. The molecule has 0 saturated heterocycles. The van der Waals surface area contributed by atoms with Crippen molar-refractivity contribution in [3.63, 3.8) is 0 Å². The van der Waals surface area contributed by atoms with Gasteiger partial charge in [0.15, 0.2) is 0 Å². The maximum Gasteiger partial charge on any atom is 0.240 e. The first-order valence-electron chi connectivity index (χ1n) is 7.05. The molecule has 5 heteroatoms. The number of aliphatic hydroxyl groups is 1. The molecule has 0 spiro atoms. The quantitative estimate of drug-likeness (QED) is 0.572. The van der Waals surface area contributed by atoms with Crippen LogP contribution in [0.25, 0.3) is 0 Å². The Kier molecular flexibility index (Phi) is 10.7. The Morgan fingerprint density at radius 1 is 1.32 bits per heavy atom. The summed E-state index contributed by atoms with van der Waals surface area (Å²) in [5, 5.41) is 20.9. The fraction of sp³-hybridized carbons (Fsp3) is 0.857. The predicted octanol–water partition coefficient (Wildman–Crippen LogP) is 2.33. The molecule has 0 aromatic rings. The van der Waals surface area contributed by atoms with Crippen molar-refractivity contribution >= 4 is 17.7 Å². The van der Waals surface area contributed by atoms with Gasteiger partial charge in [-0.2, -0.15) is 17.0 Å². The van der Waals surface area contributed by atoms with E-state index in [1.165, 1.54) is 0 Å². The predicted molar refractivity (Wildman–Crippen MR) is 79.9 cm³/mol. The van der Waals surface area contributed by atoms with Crippen molar-refractivity contribution in [2.24, 2.45) is 5.41 Å². The molecule has 0 rings (SSSR count). The smallest absolute Gasteiger partial charge is 0.240 e. The van der Waals surface area contributed by atoms with Crippen LogP contribution in [0.3, 0.4) is 0 Å². The molecule has 0 bridgehead atoms. The van der Waals surface area contributed by atoms with E-state index < -0.39 is 5.41 Å². The summed E-state index contributed by atoms with van der Waals surface area (Å²) in [6.45, 7) is 4.80. The van der Waals surface area contributed by atoms with Crippen LogP contribution < -0.4 is 5.32 Å². The lowest BCUT2D eigenvalue weighted by Crippen LogP contribution is -2.41. The molecule has 0 saturated carbocycles. The first-order valence-corrected chi connectivity index (χ1v) is 8.20. The van der Waals surface area contributed by atoms with E-state index in [-0.39, 0.29) is 12.5 Å². The summed E-state index contributed by atoms with van der Waals surface area (Å²) in [7, 11) is 0. The van der Waals surface area contributed by atoms with Gasteiger partial charge in [-0.3, -0.25) is 4.79 Å². The highest BCUT2D eigenvalue weighted by Gasteiger charge is 2.36. The zero-order valence-corrected chi connectivity index (χ0v) is 12.9. The van der Waals surface area contributed by atoms with E-state index in [4.69, 9.17) is 5.11 Å². The number of hydrogen-bond donors (Lipinski definition) is 2. The van der Waals surface area contributed by atoms with Crippen LogP contribution in [0.5, 0.6) is 0 Å². The summed E-state index contributed by atoms with van der Waals surface area (Å²) in [5.41, 5.74) is -0.848. The highest BCUT2D eigenvalue weighted by molar-refractivity contribution is 7.99. The largest absolute Gasteiger partial charge is 0.396 e. The van der Waals surface area contributed by atoms with Crippen LogP contribution in [0.15, 0.2) is 0 Å². The highest BCUT2D eigenvalue weighted by atomic mass is 32.2. The van der Waals surface area contributed by atoms with E-state index in [0.717, 1.165) is 30.8 Å². The summed E-state index contributed by atoms with van der Waals surface area (Å²) in [6.07, 6.45) is 3.71. The fourth-order valence-corrected chi connectivity index (χ4v) is 2.83. The molecule has 0 aliphatic heterocycles. The number of nitriles is 1. The maximum atomic E-state index is 12.2. The number of hydrogen-bond acceptors (Lipinski definition) is 4. The average molecular weight is 286 g/mol. The minimum Gasteiger partial charge on any atom is -0.396 e. The van der Waals surface area contributed by atoms with E-state index in [2.05, 4.69) is 11.4 Å². The van der Waals surface area contributed by atoms with Gasteiger partial charge in [-0.05, 0) is 25.0 Å². The molecule has 19 heavy (non-hydrogen) atoms. The minimum atomic E-state index is -0.848. The second-order valence-corrected chi connectivity index (χ2v) is 5.86. The number of nitrogens with zero attached hydrogens (tertiary/aromatic N) is 1. The van der Waals surface area contributed by atoms with Crippen LogP contribution >= 0.6 is 11.8 Å². The molecule has 0 aliphatic carbocycles. The Hall–Kier alpha value is -0.730. The van der Waals surface area contributed by atoms with Gasteiger partial charge in [-0.1, -0.05) is 26.7 Å². The van der Waals surface area contributed by atoms with Crippen molar-refractivity contribution in [2.45, 2.75) is 46.0 Å². The molecule has 0 heterocycles. The van der Waals surface area contributed by atoms with Gasteiger partial charge in [-0.25, -0.2) is 0 Å². The molecule has 0 atom stereocenters. The van der Waals surface area contributed by atoms with Crippen LogP contribution in [0.1, 0.15) is 46.0 Å². The Balaban J connectivity index is 4.15. The first-order chi connectivity index (χ1) is 9.16. The number of carbonyl (C=O) groups excluding carboxylic acids is 1. The number of aliphatic hydroxyl groups excluding tert-OH is 1. The van der Waals surface area contributed by atoms with Crippen LogP contribution in [0.4, 0.5) is 0 Å². The first kappa shape index (κ1) is 18.3. The Morgan fingerprint density at radius 3 is 2.42 bits per heavy atom. The van der Waals surface area contributed by atoms with Gasteiger partial charge in [-0.15, -0.1) is 0 Å². The van der Waals surface area contributed by atoms with Crippen LogP contribution in [-0.4, -0.2) is 35.7 Å². The topological polar surface area (TPSA) is 73.1 Å². The van der Waals surface area contributed by atoms with Crippen molar-refractivity contribution in [3.8, 4) is 6.07 Å². The Morgan fingerprint density at radius 2 is 1.95 bits per heavy atom. The summed E-state index contributed by atoms with van der Waals surface area (Å²) in [4.78, 5) is 12.2. The van der Waals surface area contributed by atoms with Crippen molar-refractivity contribution in [1.29, 1.82) is 5.26 Å². The monoisotopic (exact) mass is 286 g/mol. The molecule has 1 amide bonds. The van der Waals surface area contributed by atoms with E-state index in [1.807, 2.05) is 13.8 Å². The zero-order valence-electron chi connectivity index (χ0n) is 12.1. The summed E-state index contributed by atoms with van der Waals surface area (Å²) < 4.78 is 0. The average Bonchev–Trinajstić information content (AvgIpc) is 2.42. The third-order valence-corrected chi connectivity index (χ3v) is 4.05. The number of carbonyl (C=O) groups is 1. The van der Waals surface area contributed by atoms with Gasteiger partial charge < -0.3 is 10.4 Å². The molecule has 2 N–H and O–H groups in total. The molecular formula is C14H26N2O2S. The van der Waals surface area contributed by atoms with Gasteiger partial charge in [0.1, 0.15) is 5.41 Å². The molecule has 0 unspecified atom stereocenters. The lowest BCUT2D eigenvalue weighted by Gasteiger charge is -2.24. The fourth-order valence-electron chi connectivity index (χ4n) is 2.04. The van der Waals surface area contributed by atoms with E-state index in [1.54, 1.807) is 11.8 Å². The van der Waals surface area contributed by atoms with Gasteiger partial charge in [0, 0.05) is 18.9 Å². The van der Waals surface area contributed by atoms with E-state index in [9.17, 15) is 10.1 Å². The normalized spacial score (nSPS) is 11.1. The third-order valence-electron chi connectivity index (χ3n) is 2.98. The van der Waals surface area contributed by atoms with Crippen molar-refractivity contribution in [3.05, 3.63) is 0 Å². The standard InChI is InChI=1S/C14H26N2O2S/c1-3-6-14(12-15,7-4-2)13(18)16-8-11-19-10-5-9-17/h17H,3-11H2,1-2H3,(H,16,18). The van der Waals surface area contributed by atoms with E-state index >= 15 is 0 Å². The lowest BCUT2D eigenvalue weighted by atomic mass is 9.80. The summed E-state index contributed by atoms with van der Waals surface area (Å²) >= 11 is 1.71. The molecule has 0 aliphatic rings. The number of thioether (sulfide) groups is 1. The number of rotatable bonds is 11. The van der Waals surface area contributed by atoms with Crippen molar-refractivity contribution in [2.75, 3.05) is 24.7 Å². The Labute approximate surface area is 121 Å². The SMILES string of the molecule is CCCC(C#N)(CCC)C(=O)NCCSCCCO. The van der Waals surface area contributed by atoms with Gasteiger partial charge >= 0.3 is 0 Å². The number of nitrogens with one attached hydrogen (secondary N) is 1. The maximum absolute atomic E-state index is 12.2. The zero-order chi connectivity index (χ0) is 14.6. The minimum absolute atomic E-state index is 0.124. The number of amides is 1. The molecule has 0 aromatic carbocycles.